The van der Waals surface area contributed by atoms with E-state index in [4.69, 9.17) is 4.98 Å². The van der Waals surface area contributed by atoms with Crippen molar-refractivity contribution in [2.24, 2.45) is 0 Å². The first kappa shape index (κ1) is 23.2. The van der Waals surface area contributed by atoms with Gasteiger partial charge in [-0.05, 0) is 79.8 Å². The van der Waals surface area contributed by atoms with Crippen molar-refractivity contribution in [1.82, 2.24) is 9.55 Å². The lowest BCUT2D eigenvalue weighted by Crippen LogP contribution is -1.97. The Morgan fingerprint density at radius 1 is 0.475 bits per heavy atom. The average Bonchev–Trinajstić information content (AvgIpc) is 3.41. The molecule has 1 heterocycles. The van der Waals surface area contributed by atoms with Crippen molar-refractivity contribution < 1.29 is 0 Å². The number of nitrogens with zero attached hydrogens (tertiary/aromatic N) is 2. The lowest BCUT2D eigenvalue weighted by Gasteiger charge is -2.14. The highest BCUT2D eigenvalue weighted by molar-refractivity contribution is 9.10. The van der Waals surface area contributed by atoms with E-state index >= 15 is 0 Å². The third kappa shape index (κ3) is 3.59. The highest BCUT2D eigenvalue weighted by Gasteiger charge is 2.16. The summed E-state index contributed by atoms with van der Waals surface area (Å²) in [6.45, 7) is 0. The van der Waals surface area contributed by atoms with Crippen LogP contribution in [0.1, 0.15) is 0 Å². The van der Waals surface area contributed by atoms with Gasteiger partial charge in [0.05, 0.1) is 11.0 Å². The van der Waals surface area contributed by atoms with Gasteiger partial charge in [-0.3, -0.25) is 4.57 Å². The highest BCUT2D eigenvalue weighted by Crippen LogP contribution is 2.41. The van der Waals surface area contributed by atoms with Crippen LogP contribution in [0.5, 0.6) is 0 Å². The summed E-state index contributed by atoms with van der Waals surface area (Å²) in [5, 5.41) is 7.52. The molecular formula is C37H23BrN2. The molecular weight excluding hydrogens is 552 g/mol. The Labute approximate surface area is 240 Å². The maximum atomic E-state index is 5.05. The highest BCUT2D eigenvalue weighted by atomic mass is 79.9. The van der Waals surface area contributed by atoms with Crippen LogP contribution < -0.4 is 0 Å². The number of fused-ring (bicyclic) bond motifs is 6. The lowest BCUT2D eigenvalue weighted by atomic mass is 9.90. The number of imidazole rings is 1. The second-order valence-corrected chi connectivity index (χ2v) is 11.0. The summed E-state index contributed by atoms with van der Waals surface area (Å²) in [5.74, 6) is 0.943. The van der Waals surface area contributed by atoms with Gasteiger partial charge >= 0.3 is 0 Å². The number of para-hydroxylation sites is 3. The first-order valence-electron chi connectivity index (χ1n) is 13.4. The fraction of sp³-hybridized carbons (Fsp3) is 0. The molecule has 0 spiro atoms. The molecule has 8 aromatic rings. The van der Waals surface area contributed by atoms with Crippen LogP contribution >= 0.6 is 15.9 Å². The molecule has 0 saturated heterocycles. The Balaban J connectivity index is 1.34. The van der Waals surface area contributed by atoms with Gasteiger partial charge in [0.25, 0.3) is 0 Å². The number of aromatic nitrogens is 2. The third-order valence-electron chi connectivity index (χ3n) is 7.86. The van der Waals surface area contributed by atoms with Gasteiger partial charge < -0.3 is 0 Å². The van der Waals surface area contributed by atoms with Crippen molar-refractivity contribution in [2.75, 3.05) is 0 Å². The van der Waals surface area contributed by atoms with E-state index in [1.807, 2.05) is 12.1 Å². The van der Waals surface area contributed by atoms with Crippen LogP contribution in [-0.2, 0) is 0 Å². The second kappa shape index (κ2) is 9.18. The van der Waals surface area contributed by atoms with E-state index in [-0.39, 0.29) is 0 Å². The summed E-state index contributed by atoms with van der Waals surface area (Å²) < 4.78 is 3.37. The van der Waals surface area contributed by atoms with Crippen LogP contribution in [0.15, 0.2) is 144 Å². The van der Waals surface area contributed by atoms with Crippen LogP contribution in [0.3, 0.4) is 0 Å². The summed E-state index contributed by atoms with van der Waals surface area (Å²) >= 11 is 3.82. The minimum atomic E-state index is 0.943. The van der Waals surface area contributed by atoms with E-state index < -0.39 is 0 Å². The molecule has 40 heavy (non-hydrogen) atoms. The van der Waals surface area contributed by atoms with Crippen molar-refractivity contribution in [2.45, 2.75) is 0 Å². The predicted octanol–water partition coefficient (Wildman–Crippen LogP) is 10.6. The molecule has 0 amide bonds. The van der Waals surface area contributed by atoms with Gasteiger partial charge in [0, 0.05) is 15.7 Å². The molecule has 0 saturated carbocycles. The predicted molar refractivity (Wildman–Crippen MR) is 172 cm³/mol. The maximum absolute atomic E-state index is 5.05. The van der Waals surface area contributed by atoms with Gasteiger partial charge in [0.2, 0.25) is 0 Å². The number of hydrogen-bond acceptors (Lipinski definition) is 1. The molecule has 1 aromatic heterocycles. The molecule has 0 bridgehead atoms. The number of benzene rings is 7. The van der Waals surface area contributed by atoms with Crippen molar-refractivity contribution >= 4 is 59.3 Å². The summed E-state index contributed by atoms with van der Waals surface area (Å²) in [6.07, 6.45) is 0. The molecule has 0 aliphatic rings. The SMILES string of the molecule is Brc1cc2c3ccccc3c(-c3ccc(-c4nc5ccccc5n4-c4ccccc4)cc3)cc2c2ccccc12. The first-order chi connectivity index (χ1) is 19.8. The quantitative estimate of drug-likeness (QED) is 0.192. The van der Waals surface area contributed by atoms with Gasteiger partial charge in [0.15, 0.2) is 0 Å². The van der Waals surface area contributed by atoms with Crippen LogP contribution in [0.2, 0.25) is 0 Å². The minimum Gasteiger partial charge on any atom is -0.292 e. The number of halogens is 1. The first-order valence-corrected chi connectivity index (χ1v) is 14.2. The second-order valence-electron chi connectivity index (χ2n) is 10.1. The average molecular weight is 576 g/mol. The Morgan fingerprint density at radius 2 is 1.05 bits per heavy atom. The van der Waals surface area contributed by atoms with Crippen LogP contribution in [-0.4, -0.2) is 9.55 Å². The van der Waals surface area contributed by atoms with Crippen LogP contribution in [0.25, 0.3) is 71.6 Å². The smallest absolute Gasteiger partial charge is 0.145 e. The van der Waals surface area contributed by atoms with Gasteiger partial charge in [-0.2, -0.15) is 0 Å². The van der Waals surface area contributed by atoms with Crippen LogP contribution in [0.4, 0.5) is 0 Å². The summed E-state index contributed by atoms with van der Waals surface area (Å²) in [4.78, 5) is 5.05. The summed E-state index contributed by atoms with van der Waals surface area (Å²) in [5.41, 5.74) is 6.71. The number of hydrogen-bond donors (Lipinski definition) is 0. The number of rotatable bonds is 3. The van der Waals surface area contributed by atoms with Crippen molar-refractivity contribution in [3.63, 3.8) is 0 Å². The zero-order chi connectivity index (χ0) is 26.6. The van der Waals surface area contributed by atoms with E-state index in [2.05, 4.69) is 148 Å². The molecule has 0 atom stereocenters. The molecule has 188 valence electrons. The zero-order valence-corrected chi connectivity index (χ0v) is 23.1. The Bertz CT molecular complexity index is 2210. The molecule has 0 N–H and O–H groups in total. The molecule has 8 rings (SSSR count). The molecule has 0 aliphatic heterocycles. The molecule has 2 nitrogen and oxygen atoms in total. The standard InChI is InChI=1S/C37H23BrN2/c38-34-23-33-28-13-5-4-12-27(28)31(22-32(33)29-14-6-7-15-30(29)34)24-18-20-25(21-19-24)37-39-35-16-8-9-17-36(35)40(37)26-10-2-1-3-11-26/h1-23H. The third-order valence-corrected chi connectivity index (χ3v) is 8.52. The summed E-state index contributed by atoms with van der Waals surface area (Å²) in [7, 11) is 0. The van der Waals surface area contributed by atoms with E-state index in [1.165, 1.54) is 43.4 Å². The van der Waals surface area contributed by atoms with Crippen molar-refractivity contribution in [3.8, 4) is 28.2 Å². The lowest BCUT2D eigenvalue weighted by molar-refractivity contribution is 1.10. The van der Waals surface area contributed by atoms with E-state index in [9.17, 15) is 0 Å². The maximum Gasteiger partial charge on any atom is 0.145 e. The Hall–Kier alpha value is -4.73. The van der Waals surface area contributed by atoms with Crippen molar-refractivity contribution in [3.05, 3.63) is 144 Å². The van der Waals surface area contributed by atoms with Gasteiger partial charge in [-0.1, -0.05) is 119 Å². The van der Waals surface area contributed by atoms with Crippen molar-refractivity contribution in [1.29, 1.82) is 0 Å². The van der Waals surface area contributed by atoms with E-state index in [1.54, 1.807) is 0 Å². The van der Waals surface area contributed by atoms with E-state index in [0.717, 1.165) is 32.6 Å². The topological polar surface area (TPSA) is 17.8 Å². The van der Waals surface area contributed by atoms with E-state index in [0.29, 0.717) is 0 Å². The van der Waals surface area contributed by atoms with Gasteiger partial charge in [-0.25, -0.2) is 4.98 Å². The Morgan fingerprint density at radius 3 is 1.82 bits per heavy atom. The van der Waals surface area contributed by atoms with Gasteiger partial charge in [0.1, 0.15) is 5.82 Å². The molecule has 0 radical (unpaired) electrons. The minimum absolute atomic E-state index is 0.943. The molecule has 3 heteroatoms. The van der Waals surface area contributed by atoms with Gasteiger partial charge in [-0.15, -0.1) is 0 Å². The fourth-order valence-electron chi connectivity index (χ4n) is 6.00. The Kier molecular flexibility index (Phi) is 5.32. The zero-order valence-electron chi connectivity index (χ0n) is 21.6. The molecule has 0 aliphatic carbocycles. The molecule has 7 aromatic carbocycles. The fourth-order valence-corrected chi connectivity index (χ4v) is 6.58. The largest absolute Gasteiger partial charge is 0.292 e. The van der Waals surface area contributed by atoms with Crippen LogP contribution in [0, 0.1) is 0 Å². The molecule has 0 fully saturated rings. The normalized spacial score (nSPS) is 11.6. The molecule has 0 unspecified atom stereocenters. The monoisotopic (exact) mass is 574 g/mol. The summed E-state index contributed by atoms with van der Waals surface area (Å²) in [6, 6.07) is 49.7.